The van der Waals surface area contributed by atoms with Gasteiger partial charge in [-0.3, -0.25) is 0 Å². The van der Waals surface area contributed by atoms with Crippen LogP contribution in [0.1, 0.15) is 33.3 Å². The van der Waals surface area contributed by atoms with Gasteiger partial charge in [-0.05, 0) is 50.1 Å². The first-order chi connectivity index (χ1) is 9.38. The van der Waals surface area contributed by atoms with E-state index in [0.29, 0.717) is 5.56 Å². The highest BCUT2D eigenvalue weighted by atomic mass is 19.1. The van der Waals surface area contributed by atoms with Crippen molar-refractivity contribution in [2.75, 3.05) is 0 Å². The van der Waals surface area contributed by atoms with E-state index >= 15 is 0 Å². The van der Waals surface area contributed by atoms with Crippen molar-refractivity contribution in [2.24, 2.45) is 0 Å². The lowest BCUT2D eigenvalue weighted by atomic mass is 10.2. The highest BCUT2D eigenvalue weighted by Gasteiger charge is 1.93. The van der Waals surface area contributed by atoms with Crippen molar-refractivity contribution in [2.45, 2.75) is 34.6 Å². The molecule has 1 rings (SSSR count). The Morgan fingerprint density at radius 3 is 1.85 bits per heavy atom. The zero-order valence-electron chi connectivity index (χ0n) is 12.8. The first-order valence-corrected chi connectivity index (χ1v) is 6.44. The topological polar surface area (TPSA) is 0 Å². The molecule has 20 heavy (non-hydrogen) atoms. The monoisotopic (exact) mass is 284 g/mol. The van der Waals surface area contributed by atoms with Crippen molar-refractivity contribution < 1.29 is 13.2 Å². The summed E-state index contributed by atoms with van der Waals surface area (Å²) < 4.78 is 36.7. The van der Waals surface area contributed by atoms with Gasteiger partial charge in [0.2, 0.25) is 0 Å². The van der Waals surface area contributed by atoms with E-state index in [2.05, 4.69) is 6.58 Å². The minimum absolute atomic E-state index is 0.215. The smallest absolute Gasteiger partial charge is 0.126 e. The summed E-state index contributed by atoms with van der Waals surface area (Å²) in [6.07, 6.45) is 4.46. The Bertz CT molecular complexity index is 407. The first kappa shape index (κ1) is 20.5. The first-order valence-electron chi connectivity index (χ1n) is 6.44. The Balaban J connectivity index is 0. The van der Waals surface area contributed by atoms with Crippen molar-refractivity contribution in [3.05, 3.63) is 71.6 Å². The molecule has 0 aliphatic carbocycles. The Kier molecular flexibility index (Phi) is 12.6. The fourth-order valence-electron chi connectivity index (χ4n) is 1.05. The molecule has 0 aliphatic rings. The summed E-state index contributed by atoms with van der Waals surface area (Å²) in [5.41, 5.74) is 1.44. The molecule has 3 heteroatoms. The van der Waals surface area contributed by atoms with E-state index in [1.54, 1.807) is 26.8 Å². The van der Waals surface area contributed by atoms with Crippen LogP contribution in [0, 0.1) is 18.6 Å². The number of hydrogen-bond acceptors (Lipinski definition) is 0. The number of aryl methyl sites for hydroxylation is 1. The van der Waals surface area contributed by atoms with Crippen LogP contribution in [0.4, 0.5) is 13.2 Å². The molecular formula is C17H23F3. The normalized spacial score (nSPS) is 10.8. The summed E-state index contributed by atoms with van der Waals surface area (Å²) >= 11 is 0. The molecule has 0 saturated carbocycles. The Hall–Kier alpha value is -1.77. The van der Waals surface area contributed by atoms with E-state index in [-0.39, 0.29) is 5.83 Å². The highest BCUT2D eigenvalue weighted by molar-refractivity contribution is 5.22. The van der Waals surface area contributed by atoms with Crippen LogP contribution in [0.5, 0.6) is 0 Å². The average Bonchev–Trinajstić information content (AvgIpc) is 2.39. The third-order valence-electron chi connectivity index (χ3n) is 1.97. The van der Waals surface area contributed by atoms with E-state index in [9.17, 15) is 13.2 Å². The van der Waals surface area contributed by atoms with Crippen molar-refractivity contribution in [3.8, 4) is 0 Å². The molecule has 0 N–H and O–H groups in total. The fraction of sp³-hybridized carbons (Fsp3) is 0.294. The van der Waals surface area contributed by atoms with Gasteiger partial charge in [0, 0.05) is 6.07 Å². The van der Waals surface area contributed by atoms with Gasteiger partial charge in [-0.1, -0.05) is 32.6 Å². The van der Waals surface area contributed by atoms with Gasteiger partial charge < -0.3 is 0 Å². The van der Waals surface area contributed by atoms with Crippen LogP contribution in [0.3, 0.4) is 0 Å². The number of allylic oxidation sites excluding steroid dienone is 5. The predicted molar refractivity (Wildman–Crippen MR) is 81.3 cm³/mol. The number of rotatable bonds is 2. The standard InChI is InChI=1S/C8H11F.C7H6F2.C2H6/c1-4-7(3)6-8(9)5-2;1-5-2-6(8)4-7(9)3-5;1-2/h4-6H,1H2,2-3H3;2-4H,1H3;1-2H3/b7-6-,8-5+;;. The molecule has 0 nitrogen and oxygen atoms in total. The zero-order chi connectivity index (χ0) is 16.1. The number of halogens is 3. The van der Waals surface area contributed by atoms with Gasteiger partial charge >= 0.3 is 0 Å². The number of benzene rings is 1. The van der Waals surface area contributed by atoms with Crippen LogP contribution < -0.4 is 0 Å². The summed E-state index contributed by atoms with van der Waals surface area (Å²) in [5.74, 6) is -1.26. The molecule has 112 valence electrons. The Morgan fingerprint density at radius 2 is 1.55 bits per heavy atom. The molecular weight excluding hydrogens is 261 g/mol. The van der Waals surface area contributed by atoms with Gasteiger partial charge in [0.25, 0.3) is 0 Å². The third-order valence-corrected chi connectivity index (χ3v) is 1.97. The van der Waals surface area contributed by atoms with Crippen LogP contribution in [-0.2, 0) is 0 Å². The largest absolute Gasteiger partial charge is 0.207 e. The van der Waals surface area contributed by atoms with Crippen molar-refractivity contribution >= 4 is 0 Å². The predicted octanol–water partition coefficient (Wildman–Crippen LogP) is 6.29. The lowest BCUT2D eigenvalue weighted by Gasteiger charge is -1.91. The molecule has 0 atom stereocenters. The van der Waals surface area contributed by atoms with Crippen LogP contribution >= 0.6 is 0 Å². The molecule has 0 fully saturated rings. The van der Waals surface area contributed by atoms with E-state index < -0.39 is 11.6 Å². The maximum atomic E-state index is 12.3. The quantitative estimate of drug-likeness (QED) is 0.560. The van der Waals surface area contributed by atoms with Crippen LogP contribution in [0.2, 0.25) is 0 Å². The van der Waals surface area contributed by atoms with Gasteiger partial charge in [0.15, 0.2) is 0 Å². The van der Waals surface area contributed by atoms with Gasteiger partial charge in [-0.25, -0.2) is 13.2 Å². The SMILES string of the molecule is C=C/C(C)=C\C(F)=C/C.CC.Cc1cc(F)cc(F)c1. The average molecular weight is 284 g/mol. The molecule has 1 aromatic rings. The third kappa shape index (κ3) is 11.3. The van der Waals surface area contributed by atoms with Gasteiger partial charge in [-0.2, -0.15) is 0 Å². The van der Waals surface area contributed by atoms with Crippen molar-refractivity contribution in [3.63, 3.8) is 0 Å². The molecule has 0 aliphatic heterocycles. The molecule has 1 aromatic carbocycles. The molecule has 0 amide bonds. The summed E-state index contributed by atoms with van der Waals surface area (Å²) in [4.78, 5) is 0. The molecule has 0 saturated heterocycles. The lowest BCUT2D eigenvalue weighted by molar-refractivity contribution is 0.581. The van der Waals surface area contributed by atoms with E-state index in [0.717, 1.165) is 11.6 Å². The van der Waals surface area contributed by atoms with Gasteiger partial charge in [0.05, 0.1) is 0 Å². The van der Waals surface area contributed by atoms with Crippen LogP contribution in [0.25, 0.3) is 0 Å². The maximum Gasteiger partial charge on any atom is 0.126 e. The zero-order valence-corrected chi connectivity index (χ0v) is 12.8. The van der Waals surface area contributed by atoms with E-state index in [1.165, 1.54) is 24.3 Å². The fourth-order valence-corrected chi connectivity index (χ4v) is 1.05. The molecule has 0 aromatic heterocycles. The summed E-state index contributed by atoms with van der Waals surface area (Å²) in [6.45, 7) is 12.6. The van der Waals surface area contributed by atoms with Crippen LogP contribution in [0.15, 0.2) is 54.4 Å². The Labute approximate surface area is 120 Å². The summed E-state index contributed by atoms with van der Waals surface area (Å²) in [6, 6.07) is 3.42. The number of hydrogen-bond donors (Lipinski definition) is 0. The second-order valence-corrected chi connectivity index (χ2v) is 3.71. The minimum Gasteiger partial charge on any atom is -0.207 e. The van der Waals surface area contributed by atoms with E-state index in [4.69, 9.17) is 0 Å². The minimum atomic E-state index is -0.521. The summed E-state index contributed by atoms with van der Waals surface area (Å²) in [5, 5.41) is 0. The highest BCUT2D eigenvalue weighted by Crippen LogP contribution is 2.05. The van der Waals surface area contributed by atoms with Crippen LogP contribution in [-0.4, -0.2) is 0 Å². The lowest BCUT2D eigenvalue weighted by Crippen LogP contribution is -1.80. The molecule has 0 radical (unpaired) electrons. The van der Waals surface area contributed by atoms with Gasteiger partial charge in [0.1, 0.15) is 17.5 Å². The van der Waals surface area contributed by atoms with E-state index in [1.807, 2.05) is 13.8 Å². The molecule has 0 heterocycles. The second kappa shape index (κ2) is 12.3. The van der Waals surface area contributed by atoms with Crippen molar-refractivity contribution in [1.82, 2.24) is 0 Å². The molecule has 0 unspecified atom stereocenters. The summed E-state index contributed by atoms with van der Waals surface area (Å²) in [7, 11) is 0. The second-order valence-electron chi connectivity index (χ2n) is 3.71. The molecule has 0 spiro atoms. The molecule has 0 bridgehead atoms. The van der Waals surface area contributed by atoms with Crippen molar-refractivity contribution in [1.29, 1.82) is 0 Å². The Morgan fingerprint density at radius 1 is 1.10 bits per heavy atom. The maximum absolute atomic E-state index is 12.3. The van der Waals surface area contributed by atoms with Gasteiger partial charge in [-0.15, -0.1) is 0 Å².